The standard InChI is InChI=1S/C18H18ClNO/c1-12-3-4-14(7-13(12)2)9-20-10-15(11-21)17-6-5-16(19)8-18(17)20/h3-8,10,21H,9,11H2,1-2H3. The van der Waals surface area contributed by atoms with Gasteiger partial charge >= 0.3 is 0 Å². The molecular weight excluding hydrogens is 282 g/mol. The van der Waals surface area contributed by atoms with E-state index in [-0.39, 0.29) is 6.61 Å². The summed E-state index contributed by atoms with van der Waals surface area (Å²) in [5.41, 5.74) is 5.84. The van der Waals surface area contributed by atoms with Crippen molar-refractivity contribution in [1.29, 1.82) is 0 Å². The molecule has 3 aromatic rings. The fourth-order valence-corrected chi connectivity index (χ4v) is 2.86. The second-order valence-electron chi connectivity index (χ2n) is 5.52. The zero-order chi connectivity index (χ0) is 15.0. The summed E-state index contributed by atoms with van der Waals surface area (Å²) in [6, 6.07) is 12.3. The molecule has 108 valence electrons. The van der Waals surface area contributed by atoms with Crippen LogP contribution in [0, 0.1) is 13.8 Å². The van der Waals surface area contributed by atoms with Crippen molar-refractivity contribution >= 4 is 22.5 Å². The zero-order valence-corrected chi connectivity index (χ0v) is 13.0. The van der Waals surface area contributed by atoms with E-state index in [0.717, 1.165) is 23.0 Å². The van der Waals surface area contributed by atoms with Crippen LogP contribution in [0.3, 0.4) is 0 Å². The van der Waals surface area contributed by atoms with Gasteiger partial charge in [0.25, 0.3) is 0 Å². The highest BCUT2D eigenvalue weighted by atomic mass is 35.5. The maximum atomic E-state index is 9.52. The highest BCUT2D eigenvalue weighted by molar-refractivity contribution is 6.31. The molecule has 0 bridgehead atoms. The number of hydrogen-bond acceptors (Lipinski definition) is 1. The van der Waals surface area contributed by atoms with Crippen LogP contribution >= 0.6 is 11.6 Å². The van der Waals surface area contributed by atoms with Crippen LogP contribution in [0.15, 0.2) is 42.6 Å². The normalized spacial score (nSPS) is 11.2. The monoisotopic (exact) mass is 299 g/mol. The molecule has 0 spiro atoms. The average Bonchev–Trinajstić information content (AvgIpc) is 2.80. The van der Waals surface area contributed by atoms with Gasteiger partial charge in [-0.15, -0.1) is 0 Å². The minimum atomic E-state index is 0.0397. The summed E-state index contributed by atoms with van der Waals surface area (Å²) in [6.45, 7) is 5.06. The van der Waals surface area contributed by atoms with E-state index in [1.807, 2.05) is 24.4 Å². The van der Waals surface area contributed by atoms with Crippen molar-refractivity contribution in [3.8, 4) is 0 Å². The topological polar surface area (TPSA) is 25.2 Å². The molecule has 2 aromatic carbocycles. The Bertz CT molecular complexity index is 804. The van der Waals surface area contributed by atoms with Crippen LogP contribution in [0.25, 0.3) is 10.9 Å². The number of aliphatic hydroxyl groups is 1. The first-order valence-corrected chi connectivity index (χ1v) is 7.40. The maximum absolute atomic E-state index is 9.52. The molecule has 1 heterocycles. The Morgan fingerprint density at radius 2 is 1.86 bits per heavy atom. The SMILES string of the molecule is Cc1ccc(Cn2cc(CO)c3ccc(Cl)cc32)cc1C. The second-order valence-corrected chi connectivity index (χ2v) is 5.96. The maximum Gasteiger partial charge on any atom is 0.0702 e. The summed E-state index contributed by atoms with van der Waals surface area (Å²) in [7, 11) is 0. The van der Waals surface area contributed by atoms with E-state index in [9.17, 15) is 5.11 Å². The van der Waals surface area contributed by atoms with E-state index in [1.54, 1.807) is 0 Å². The van der Waals surface area contributed by atoms with Crippen molar-refractivity contribution in [2.75, 3.05) is 0 Å². The summed E-state index contributed by atoms with van der Waals surface area (Å²) in [6.07, 6.45) is 2.01. The number of hydrogen-bond donors (Lipinski definition) is 1. The largest absolute Gasteiger partial charge is 0.392 e. The highest BCUT2D eigenvalue weighted by Gasteiger charge is 2.09. The minimum absolute atomic E-state index is 0.0397. The van der Waals surface area contributed by atoms with Crippen LogP contribution in [-0.4, -0.2) is 9.67 Å². The first kappa shape index (κ1) is 14.2. The van der Waals surface area contributed by atoms with Gasteiger partial charge in [0, 0.05) is 28.7 Å². The Balaban J connectivity index is 2.07. The third-order valence-electron chi connectivity index (χ3n) is 4.02. The lowest BCUT2D eigenvalue weighted by molar-refractivity contribution is 0.283. The molecule has 1 N–H and O–H groups in total. The van der Waals surface area contributed by atoms with Crippen molar-refractivity contribution in [1.82, 2.24) is 4.57 Å². The van der Waals surface area contributed by atoms with Gasteiger partial charge in [-0.1, -0.05) is 35.9 Å². The van der Waals surface area contributed by atoms with Crippen LogP contribution in [0.1, 0.15) is 22.3 Å². The van der Waals surface area contributed by atoms with Gasteiger partial charge < -0.3 is 9.67 Å². The average molecular weight is 300 g/mol. The van der Waals surface area contributed by atoms with E-state index in [1.165, 1.54) is 16.7 Å². The van der Waals surface area contributed by atoms with E-state index in [4.69, 9.17) is 11.6 Å². The molecule has 21 heavy (non-hydrogen) atoms. The van der Waals surface area contributed by atoms with Crippen LogP contribution in [-0.2, 0) is 13.2 Å². The van der Waals surface area contributed by atoms with E-state index >= 15 is 0 Å². The van der Waals surface area contributed by atoms with Gasteiger partial charge in [-0.2, -0.15) is 0 Å². The molecule has 0 saturated heterocycles. The molecule has 0 aliphatic rings. The summed E-state index contributed by atoms with van der Waals surface area (Å²) in [5, 5.41) is 11.3. The van der Waals surface area contributed by atoms with Crippen molar-refractivity contribution in [2.24, 2.45) is 0 Å². The number of benzene rings is 2. The van der Waals surface area contributed by atoms with Gasteiger partial charge in [-0.25, -0.2) is 0 Å². The molecule has 2 nitrogen and oxygen atoms in total. The van der Waals surface area contributed by atoms with E-state index in [0.29, 0.717) is 5.02 Å². The minimum Gasteiger partial charge on any atom is -0.392 e. The summed E-state index contributed by atoms with van der Waals surface area (Å²) in [5.74, 6) is 0. The predicted octanol–water partition coefficient (Wildman–Crippen LogP) is 4.45. The second kappa shape index (κ2) is 5.55. The van der Waals surface area contributed by atoms with Gasteiger partial charge in [-0.3, -0.25) is 0 Å². The molecule has 0 unspecified atom stereocenters. The fourth-order valence-electron chi connectivity index (χ4n) is 2.70. The number of aliphatic hydroxyl groups excluding tert-OH is 1. The summed E-state index contributed by atoms with van der Waals surface area (Å²) >= 11 is 6.12. The third kappa shape index (κ3) is 2.69. The lowest BCUT2D eigenvalue weighted by atomic mass is 10.1. The third-order valence-corrected chi connectivity index (χ3v) is 4.26. The number of rotatable bonds is 3. The Hall–Kier alpha value is -1.77. The lowest BCUT2D eigenvalue weighted by Gasteiger charge is -2.08. The summed E-state index contributed by atoms with van der Waals surface area (Å²) < 4.78 is 2.15. The number of aryl methyl sites for hydroxylation is 2. The molecule has 0 aliphatic heterocycles. The quantitative estimate of drug-likeness (QED) is 0.759. The summed E-state index contributed by atoms with van der Waals surface area (Å²) in [4.78, 5) is 0. The number of nitrogens with zero attached hydrogens (tertiary/aromatic N) is 1. The Kier molecular flexibility index (Phi) is 3.75. The highest BCUT2D eigenvalue weighted by Crippen LogP contribution is 2.26. The first-order chi connectivity index (χ1) is 10.1. The first-order valence-electron chi connectivity index (χ1n) is 7.03. The molecule has 0 radical (unpaired) electrons. The molecule has 0 aliphatic carbocycles. The Morgan fingerprint density at radius 1 is 1.05 bits per heavy atom. The van der Waals surface area contributed by atoms with Gasteiger partial charge in [0.2, 0.25) is 0 Å². The molecule has 0 fully saturated rings. The fraction of sp³-hybridized carbons (Fsp3) is 0.222. The molecule has 3 heteroatoms. The van der Waals surface area contributed by atoms with Crippen LogP contribution < -0.4 is 0 Å². The van der Waals surface area contributed by atoms with Gasteiger partial charge in [0.15, 0.2) is 0 Å². The smallest absolute Gasteiger partial charge is 0.0702 e. The van der Waals surface area contributed by atoms with Gasteiger partial charge in [0.05, 0.1) is 12.1 Å². The van der Waals surface area contributed by atoms with Crippen molar-refractivity contribution in [2.45, 2.75) is 27.0 Å². The van der Waals surface area contributed by atoms with Crippen LogP contribution in [0.4, 0.5) is 0 Å². The molecule has 0 atom stereocenters. The van der Waals surface area contributed by atoms with Gasteiger partial charge in [-0.05, 0) is 42.7 Å². The van der Waals surface area contributed by atoms with Crippen LogP contribution in [0.2, 0.25) is 5.02 Å². The Morgan fingerprint density at radius 3 is 2.57 bits per heavy atom. The van der Waals surface area contributed by atoms with Crippen molar-refractivity contribution in [3.05, 3.63) is 69.9 Å². The number of halogens is 1. The molecule has 0 amide bonds. The van der Waals surface area contributed by atoms with Crippen molar-refractivity contribution in [3.63, 3.8) is 0 Å². The molecule has 1 aromatic heterocycles. The van der Waals surface area contributed by atoms with Gasteiger partial charge in [0.1, 0.15) is 0 Å². The van der Waals surface area contributed by atoms with Crippen molar-refractivity contribution < 1.29 is 5.11 Å². The zero-order valence-electron chi connectivity index (χ0n) is 12.2. The molecular formula is C18H18ClNO. The van der Waals surface area contributed by atoms with E-state index in [2.05, 4.69) is 36.6 Å². The molecule has 0 saturated carbocycles. The predicted molar refractivity (Wildman–Crippen MR) is 87.9 cm³/mol. The number of aromatic nitrogens is 1. The lowest BCUT2D eigenvalue weighted by Crippen LogP contribution is -1.99. The molecule has 3 rings (SSSR count). The van der Waals surface area contributed by atoms with E-state index < -0.39 is 0 Å². The van der Waals surface area contributed by atoms with Crippen LogP contribution in [0.5, 0.6) is 0 Å². The number of fused-ring (bicyclic) bond motifs is 1. The Labute approximate surface area is 129 Å².